The second-order valence-corrected chi connectivity index (χ2v) is 10.9. The van der Waals surface area contributed by atoms with E-state index in [1.807, 2.05) is 0 Å². The number of aromatic amines is 1. The Morgan fingerprint density at radius 1 is 0.636 bits per heavy atom. The number of rotatable bonds is 6. The van der Waals surface area contributed by atoms with E-state index < -0.39 is 25.2 Å². The Morgan fingerprint density at radius 3 is 1.58 bits per heavy atom. The van der Waals surface area contributed by atoms with Gasteiger partial charge in [0.1, 0.15) is 11.5 Å². The summed E-state index contributed by atoms with van der Waals surface area (Å²) in [6.07, 6.45) is 1.28. The SMILES string of the molecule is COc1ccc(S(=O)(=O)c2ccc(S(=O)(=O)c3ccc(OC)cc3)c3c(=O)[nH]ccc23)cc1. The van der Waals surface area contributed by atoms with Crippen molar-refractivity contribution < 1.29 is 26.3 Å². The number of nitrogens with one attached hydrogen (secondary N) is 1. The molecule has 0 aliphatic heterocycles. The molecule has 0 unspecified atom stereocenters. The summed E-state index contributed by atoms with van der Waals surface area (Å²) in [5.41, 5.74) is -0.716. The van der Waals surface area contributed by atoms with Crippen LogP contribution in [0.1, 0.15) is 0 Å². The van der Waals surface area contributed by atoms with Gasteiger partial charge in [-0.05, 0) is 66.7 Å². The third-order valence-corrected chi connectivity index (χ3v) is 8.82. The molecule has 0 amide bonds. The lowest BCUT2D eigenvalue weighted by atomic mass is 10.2. The highest BCUT2D eigenvalue weighted by Crippen LogP contribution is 2.33. The quantitative estimate of drug-likeness (QED) is 0.445. The van der Waals surface area contributed by atoms with E-state index in [1.54, 1.807) is 0 Å². The van der Waals surface area contributed by atoms with E-state index in [0.29, 0.717) is 11.5 Å². The zero-order valence-corrected chi connectivity index (χ0v) is 19.2. The minimum absolute atomic E-state index is 0.00385. The van der Waals surface area contributed by atoms with Crippen LogP contribution in [0.25, 0.3) is 10.8 Å². The summed E-state index contributed by atoms with van der Waals surface area (Å²) in [6, 6.07) is 15.2. The standard InChI is InChI=1S/C23H19NO7S2/c1-30-15-3-7-17(8-4-15)32(26,27)20-11-12-21(22-19(20)13-14-24-23(22)25)33(28,29)18-9-5-16(31-2)6-10-18/h3-14H,1-2H3,(H,24,25). The molecule has 10 heteroatoms. The number of fused-ring (bicyclic) bond motifs is 1. The molecule has 4 aromatic rings. The first-order valence-electron chi connectivity index (χ1n) is 9.63. The van der Waals surface area contributed by atoms with E-state index in [0.717, 1.165) is 6.07 Å². The topological polar surface area (TPSA) is 120 Å². The molecule has 33 heavy (non-hydrogen) atoms. The van der Waals surface area contributed by atoms with Gasteiger partial charge in [0.05, 0.1) is 39.2 Å². The van der Waals surface area contributed by atoms with Crippen LogP contribution in [0.15, 0.2) is 97.3 Å². The van der Waals surface area contributed by atoms with Gasteiger partial charge in [0.15, 0.2) is 0 Å². The molecule has 1 N–H and O–H groups in total. The van der Waals surface area contributed by atoms with E-state index in [-0.39, 0.29) is 30.4 Å². The molecule has 0 bridgehead atoms. The normalized spacial score (nSPS) is 11.9. The number of pyridine rings is 1. The van der Waals surface area contributed by atoms with Crippen LogP contribution in [-0.2, 0) is 19.7 Å². The Hall–Kier alpha value is -3.63. The van der Waals surface area contributed by atoms with Crippen molar-refractivity contribution in [1.82, 2.24) is 4.98 Å². The predicted octanol–water partition coefficient (Wildman–Crippen LogP) is 3.21. The molecule has 0 fully saturated rings. The average Bonchev–Trinajstić information content (AvgIpc) is 2.83. The molecule has 170 valence electrons. The number of hydrogen-bond donors (Lipinski definition) is 1. The van der Waals surface area contributed by atoms with Gasteiger partial charge >= 0.3 is 0 Å². The predicted molar refractivity (Wildman–Crippen MR) is 121 cm³/mol. The van der Waals surface area contributed by atoms with Gasteiger partial charge in [-0.2, -0.15) is 0 Å². The average molecular weight is 486 g/mol. The van der Waals surface area contributed by atoms with E-state index in [4.69, 9.17) is 9.47 Å². The molecule has 1 aromatic heterocycles. The summed E-state index contributed by atoms with van der Waals surface area (Å²) in [6.45, 7) is 0. The largest absolute Gasteiger partial charge is 0.497 e. The maximum Gasteiger partial charge on any atom is 0.257 e. The minimum Gasteiger partial charge on any atom is -0.497 e. The monoisotopic (exact) mass is 485 g/mol. The number of hydrogen-bond acceptors (Lipinski definition) is 7. The molecule has 0 atom stereocenters. The fraction of sp³-hybridized carbons (Fsp3) is 0.0870. The fourth-order valence-corrected chi connectivity index (χ4v) is 6.40. The summed E-state index contributed by atoms with van der Waals surface area (Å²) in [5.74, 6) is 0.953. The number of benzene rings is 3. The fourth-order valence-electron chi connectivity index (χ4n) is 3.47. The van der Waals surface area contributed by atoms with Crippen molar-refractivity contribution in [3.63, 3.8) is 0 Å². The second kappa shape index (κ2) is 8.38. The summed E-state index contributed by atoms with van der Waals surface area (Å²) >= 11 is 0. The number of aromatic nitrogens is 1. The Bertz CT molecular complexity index is 1600. The van der Waals surface area contributed by atoms with Crippen molar-refractivity contribution in [1.29, 1.82) is 0 Å². The Kier molecular flexibility index (Phi) is 5.73. The lowest BCUT2D eigenvalue weighted by Crippen LogP contribution is -2.14. The summed E-state index contributed by atoms with van der Waals surface area (Å²) in [5, 5.41) is -0.230. The van der Waals surface area contributed by atoms with Crippen LogP contribution in [0, 0.1) is 0 Å². The summed E-state index contributed by atoms with van der Waals surface area (Å²) in [7, 11) is -5.28. The summed E-state index contributed by atoms with van der Waals surface area (Å²) < 4.78 is 63.5. The highest BCUT2D eigenvalue weighted by molar-refractivity contribution is 7.92. The molecule has 0 saturated heterocycles. The lowest BCUT2D eigenvalue weighted by Gasteiger charge is -2.13. The molecule has 0 radical (unpaired) electrons. The highest BCUT2D eigenvalue weighted by atomic mass is 32.2. The molecule has 8 nitrogen and oxygen atoms in total. The number of H-pyrrole nitrogens is 1. The van der Waals surface area contributed by atoms with Crippen LogP contribution in [-0.4, -0.2) is 36.0 Å². The van der Waals surface area contributed by atoms with E-state index in [9.17, 15) is 21.6 Å². The molecule has 1 heterocycles. The zero-order valence-electron chi connectivity index (χ0n) is 17.6. The molecular weight excluding hydrogens is 466 g/mol. The van der Waals surface area contributed by atoms with Crippen molar-refractivity contribution in [3.05, 3.63) is 83.3 Å². The van der Waals surface area contributed by atoms with Crippen LogP contribution in [0.3, 0.4) is 0 Å². The van der Waals surface area contributed by atoms with Gasteiger partial charge in [0.2, 0.25) is 19.7 Å². The lowest BCUT2D eigenvalue weighted by molar-refractivity contribution is 0.414. The first-order valence-corrected chi connectivity index (χ1v) is 12.6. The third kappa shape index (κ3) is 3.87. The second-order valence-electron chi connectivity index (χ2n) is 7.02. The Balaban J connectivity index is 1.96. The Morgan fingerprint density at radius 2 is 1.09 bits per heavy atom. The third-order valence-electron chi connectivity index (χ3n) is 5.18. The van der Waals surface area contributed by atoms with Gasteiger partial charge in [-0.3, -0.25) is 4.79 Å². The van der Waals surface area contributed by atoms with Crippen molar-refractivity contribution >= 4 is 30.4 Å². The van der Waals surface area contributed by atoms with Crippen LogP contribution in [0.2, 0.25) is 0 Å². The maximum atomic E-state index is 13.3. The Labute approximate surface area is 190 Å². The van der Waals surface area contributed by atoms with E-state index in [2.05, 4.69) is 4.98 Å². The van der Waals surface area contributed by atoms with Crippen molar-refractivity contribution in [2.75, 3.05) is 14.2 Å². The molecule has 0 saturated carbocycles. The van der Waals surface area contributed by atoms with Gasteiger partial charge in [0, 0.05) is 11.6 Å². The van der Waals surface area contributed by atoms with Gasteiger partial charge in [0.25, 0.3) is 5.56 Å². The first-order chi connectivity index (χ1) is 15.7. The first kappa shape index (κ1) is 22.6. The smallest absolute Gasteiger partial charge is 0.257 e. The van der Waals surface area contributed by atoms with E-state index in [1.165, 1.54) is 81.1 Å². The molecule has 3 aromatic carbocycles. The maximum absolute atomic E-state index is 13.3. The van der Waals surface area contributed by atoms with Crippen molar-refractivity contribution in [2.45, 2.75) is 19.6 Å². The number of sulfone groups is 2. The van der Waals surface area contributed by atoms with Crippen LogP contribution in [0.5, 0.6) is 11.5 Å². The number of ether oxygens (including phenoxy) is 2. The molecule has 0 aliphatic carbocycles. The summed E-state index contributed by atoms with van der Waals surface area (Å²) in [4.78, 5) is 14.6. The molecule has 0 spiro atoms. The number of methoxy groups -OCH3 is 2. The van der Waals surface area contributed by atoms with Crippen LogP contribution >= 0.6 is 0 Å². The van der Waals surface area contributed by atoms with Gasteiger partial charge in [-0.25, -0.2) is 16.8 Å². The van der Waals surface area contributed by atoms with Gasteiger partial charge in [-0.1, -0.05) is 0 Å². The van der Waals surface area contributed by atoms with E-state index >= 15 is 0 Å². The highest BCUT2D eigenvalue weighted by Gasteiger charge is 2.27. The molecule has 4 rings (SSSR count). The van der Waals surface area contributed by atoms with Crippen molar-refractivity contribution in [3.8, 4) is 11.5 Å². The zero-order chi connectivity index (χ0) is 23.8. The van der Waals surface area contributed by atoms with Gasteiger partial charge < -0.3 is 14.5 Å². The van der Waals surface area contributed by atoms with Gasteiger partial charge in [-0.15, -0.1) is 0 Å². The van der Waals surface area contributed by atoms with Crippen molar-refractivity contribution in [2.24, 2.45) is 0 Å². The minimum atomic E-state index is -4.14. The molecular formula is C23H19NO7S2. The van der Waals surface area contributed by atoms with Crippen LogP contribution in [0.4, 0.5) is 0 Å². The molecule has 0 aliphatic rings. The van der Waals surface area contributed by atoms with Crippen LogP contribution < -0.4 is 15.0 Å².